The Morgan fingerprint density at radius 3 is 2.61 bits per heavy atom. The lowest BCUT2D eigenvalue weighted by molar-refractivity contribution is 0.0938. The molecule has 0 radical (unpaired) electrons. The second-order valence-electron chi connectivity index (χ2n) is 6.35. The smallest absolute Gasteiger partial charge is 0.255 e. The highest BCUT2D eigenvalue weighted by Crippen LogP contribution is 2.29. The van der Waals surface area contributed by atoms with Gasteiger partial charge in [0.05, 0.1) is 35.1 Å². The van der Waals surface area contributed by atoms with Gasteiger partial charge >= 0.3 is 0 Å². The molecule has 1 aromatic carbocycles. The van der Waals surface area contributed by atoms with E-state index in [4.69, 9.17) is 15.7 Å². The summed E-state index contributed by atoms with van der Waals surface area (Å²) in [6.45, 7) is 7.59. The number of rotatable bonds is 7. The molecule has 1 saturated heterocycles. The van der Waals surface area contributed by atoms with Gasteiger partial charge in [-0.2, -0.15) is 5.26 Å². The summed E-state index contributed by atoms with van der Waals surface area (Å²) in [5.41, 5.74) is 6.11. The molecular weight excluding hydrogens is 380 g/mol. The highest BCUT2D eigenvalue weighted by Gasteiger charge is 2.25. The third-order valence-corrected chi connectivity index (χ3v) is 6.48. The maximum absolute atomic E-state index is 12.6. The van der Waals surface area contributed by atoms with Gasteiger partial charge in [0.25, 0.3) is 5.91 Å². The van der Waals surface area contributed by atoms with Crippen LogP contribution >= 0.6 is 0 Å². The quantitative estimate of drug-likeness (QED) is 0.657. The summed E-state index contributed by atoms with van der Waals surface area (Å²) in [6, 6.07) is 4.77. The monoisotopic (exact) mass is 410 g/mol. The van der Waals surface area contributed by atoms with Crippen molar-refractivity contribution < 1.29 is 17.9 Å². The van der Waals surface area contributed by atoms with Crippen molar-refractivity contribution in [2.75, 3.05) is 38.2 Å². The molecule has 8 nitrogen and oxygen atoms in total. The minimum absolute atomic E-state index is 0.0306. The maximum atomic E-state index is 12.6. The predicted molar refractivity (Wildman–Crippen MR) is 109 cm³/mol. The van der Waals surface area contributed by atoms with Crippen LogP contribution in [0.25, 0.3) is 0 Å². The van der Waals surface area contributed by atoms with Gasteiger partial charge in [-0.05, 0) is 32.0 Å². The zero-order chi connectivity index (χ0) is 21.3. The van der Waals surface area contributed by atoms with Crippen LogP contribution in [0, 0.1) is 11.3 Å². The number of ether oxygens (including phenoxy) is 1. The molecule has 0 aliphatic carbocycles. The standard InChI is InChI=1S/C17H27N3O4S.C2H3N/c1-4-20-8-6-7-12(20)11-19-17(21)13-9-16(25(22,23)5-2)14(18)10-15(13)24-3;1-2-3/h9-10,12H,4-8,11,18H2,1-3H3,(H,19,21);1H3/t12-;/m1./s1. The van der Waals surface area contributed by atoms with Crippen molar-refractivity contribution in [3.8, 4) is 11.8 Å². The van der Waals surface area contributed by atoms with E-state index in [9.17, 15) is 13.2 Å². The first kappa shape index (κ1) is 23.7. The number of benzene rings is 1. The van der Waals surface area contributed by atoms with Gasteiger partial charge in [-0.1, -0.05) is 13.8 Å². The highest BCUT2D eigenvalue weighted by molar-refractivity contribution is 7.91. The fourth-order valence-corrected chi connectivity index (χ4v) is 4.22. The fourth-order valence-electron chi connectivity index (χ4n) is 3.20. The van der Waals surface area contributed by atoms with Crippen LogP contribution in [-0.4, -0.2) is 57.8 Å². The van der Waals surface area contributed by atoms with Crippen molar-refractivity contribution in [2.45, 2.75) is 44.6 Å². The van der Waals surface area contributed by atoms with Crippen molar-refractivity contribution in [1.29, 1.82) is 5.26 Å². The van der Waals surface area contributed by atoms with Crippen molar-refractivity contribution >= 4 is 21.4 Å². The molecule has 1 aromatic rings. The Labute approximate surface area is 167 Å². The first-order chi connectivity index (χ1) is 13.2. The van der Waals surface area contributed by atoms with Gasteiger partial charge in [-0.25, -0.2) is 8.42 Å². The van der Waals surface area contributed by atoms with E-state index in [0.29, 0.717) is 12.6 Å². The molecule has 1 aliphatic heterocycles. The van der Waals surface area contributed by atoms with E-state index < -0.39 is 9.84 Å². The van der Waals surface area contributed by atoms with E-state index in [1.807, 2.05) is 0 Å². The zero-order valence-corrected chi connectivity index (χ0v) is 17.8. The molecule has 2 rings (SSSR count). The van der Waals surface area contributed by atoms with E-state index >= 15 is 0 Å². The second kappa shape index (κ2) is 10.9. The fraction of sp³-hybridized carbons (Fsp3) is 0.579. The minimum atomic E-state index is -3.52. The van der Waals surface area contributed by atoms with Gasteiger partial charge in [-0.3, -0.25) is 9.69 Å². The number of nitrogen functional groups attached to an aromatic ring is 1. The Bertz CT molecular complexity index is 818. The third-order valence-electron chi connectivity index (χ3n) is 4.70. The number of hydrogen-bond donors (Lipinski definition) is 2. The third kappa shape index (κ3) is 5.84. The Morgan fingerprint density at radius 1 is 1.43 bits per heavy atom. The largest absolute Gasteiger partial charge is 0.496 e. The van der Waals surface area contributed by atoms with Gasteiger partial charge in [0, 0.05) is 25.6 Å². The Hall–Kier alpha value is -2.31. The number of sulfone groups is 1. The zero-order valence-electron chi connectivity index (χ0n) is 17.0. The van der Waals surface area contributed by atoms with E-state index in [1.54, 1.807) is 6.07 Å². The summed E-state index contributed by atoms with van der Waals surface area (Å²) in [7, 11) is -2.10. The van der Waals surface area contributed by atoms with Crippen LogP contribution in [0.15, 0.2) is 17.0 Å². The van der Waals surface area contributed by atoms with Crippen LogP contribution in [0.1, 0.15) is 44.0 Å². The number of amides is 1. The average Bonchev–Trinajstić information content (AvgIpc) is 3.13. The van der Waals surface area contributed by atoms with Gasteiger partial charge in [0.15, 0.2) is 9.84 Å². The van der Waals surface area contributed by atoms with Crippen LogP contribution in [0.5, 0.6) is 5.75 Å². The van der Waals surface area contributed by atoms with Crippen LogP contribution < -0.4 is 15.8 Å². The number of carbonyl (C=O) groups excluding carboxylic acids is 1. The van der Waals surface area contributed by atoms with E-state index in [0.717, 1.165) is 25.9 Å². The molecule has 1 amide bonds. The molecular formula is C19H30N4O4S. The van der Waals surface area contributed by atoms with Crippen LogP contribution in [-0.2, 0) is 9.84 Å². The van der Waals surface area contributed by atoms with Crippen molar-refractivity contribution in [1.82, 2.24) is 10.2 Å². The number of likely N-dealkylation sites (tertiary alicyclic amines) is 1. The Kier molecular flexibility index (Phi) is 9.22. The average molecular weight is 411 g/mol. The lowest BCUT2D eigenvalue weighted by Crippen LogP contribution is -2.40. The summed E-state index contributed by atoms with van der Waals surface area (Å²) >= 11 is 0. The number of anilines is 1. The van der Waals surface area contributed by atoms with Gasteiger partial charge in [0.2, 0.25) is 0 Å². The summed E-state index contributed by atoms with van der Waals surface area (Å²) < 4.78 is 29.6. The number of nitrogens with one attached hydrogen (secondary N) is 1. The number of nitrogens with two attached hydrogens (primary N) is 1. The lowest BCUT2D eigenvalue weighted by atomic mass is 10.1. The van der Waals surface area contributed by atoms with Gasteiger partial charge in [0.1, 0.15) is 5.75 Å². The number of hydrogen-bond acceptors (Lipinski definition) is 7. The molecule has 156 valence electrons. The summed E-state index contributed by atoms with van der Waals surface area (Å²) in [4.78, 5) is 14.9. The molecule has 1 atom stereocenters. The number of likely N-dealkylation sites (N-methyl/N-ethyl adjacent to an activating group) is 1. The molecule has 0 saturated carbocycles. The Morgan fingerprint density at radius 2 is 2.07 bits per heavy atom. The highest BCUT2D eigenvalue weighted by atomic mass is 32.2. The molecule has 0 spiro atoms. The number of nitrogens with zero attached hydrogens (tertiary/aromatic N) is 2. The second-order valence-corrected chi connectivity index (χ2v) is 8.60. The van der Waals surface area contributed by atoms with Gasteiger partial charge < -0.3 is 15.8 Å². The molecule has 1 aliphatic rings. The minimum Gasteiger partial charge on any atom is -0.496 e. The van der Waals surface area contributed by atoms with E-state index in [-0.39, 0.29) is 33.6 Å². The molecule has 28 heavy (non-hydrogen) atoms. The van der Waals surface area contributed by atoms with E-state index in [1.165, 1.54) is 33.1 Å². The molecule has 0 unspecified atom stereocenters. The first-order valence-electron chi connectivity index (χ1n) is 9.28. The molecule has 1 fully saturated rings. The van der Waals surface area contributed by atoms with Crippen molar-refractivity contribution in [2.24, 2.45) is 0 Å². The van der Waals surface area contributed by atoms with Gasteiger partial charge in [-0.15, -0.1) is 0 Å². The van der Waals surface area contributed by atoms with Crippen LogP contribution in [0.3, 0.4) is 0 Å². The SMILES string of the molecule is CC#N.CCN1CCC[C@@H]1CNC(=O)c1cc(S(=O)(=O)CC)c(N)cc1OC. The molecule has 3 N–H and O–H groups in total. The Balaban J connectivity index is 0.00000122. The number of methoxy groups -OCH3 is 1. The predicted octanol–water partition coefficient (Wildman–Crippen LogP) is 1.81. The summed E-state index contributed by atoms with van der Waals surface area (Å²) in [5, 5.41) is 10.2. The lowest BCUT2D eigenvalue weighted by Gasteiger charge is -2.23. The van der Waals surface area contributed by atoms with Crippen molar-refractivity contribution in [3.63, 3.8) is 0 Å². The molecule has 1 heterocycles. The topological polar surface area (TPSA) is 126 Å². The maximum Gasteiger partial charge on any atom is 0.255 e. The van der Waals surface area contributed by atoms with E-state index in [2.05, 4.69) is 17.1 Å². The van der Waals surface area contributed by atoms with Crippen LogP contribution in [0.2, 0.25) is 0 Å². The molecule has 0 bridgehead atoms. The molecule has 0 aromatic heterocycles. The normalized spacial score (nSPS) is 16.6. The van der Waals surface area contributed by atoms with Crippen molar-refractivity contribution in [3.05, 3.63) is 17.7 Å². The summed E-state index contributed by atoms with van der Waals surface area (Å²) in [5.74, 6) is -0.172. The summed E-state index contributed by atoms with van der Waals surface area (Å²) in [6.07, 6.45) is 2.17. The molecule has 9 heteroatoms. The number of carbonyl (C=O) groups is 1. The number of nitriles is 1. The van der Waals surface area contributed by atoms with Crippen LogP contribution in [0.4, 0.5) is 5.69 Å². The first-order valence-corrected chi connectivity index (χ1v) is 10.9.